The monoisotopic (exact) mass is 843 g/mol. The molecule has 6 aromatic carbocycles. The first-order valence-corrected chi connectivity index (χ1v) is 22.4. The summed E-state index contributed by atoms with van der Waals surface area (Å²) in [6.45, 7) is 0. The van der Waals surface area contributed by atoms with Gasteiger partial charge in [-0.3, -0.25) is 0 Å². The summed E-state index contributed by atoms with van der Waals surface area (Å²) in [5.74, 6) is 0.385. The van der Waals surface area contributed by atoms with Crippen molar-refractivity contribution in [1.29, 1.82) is 10.5 Å². The van der Waals surface area contributed by atoms with Gasteiger partial charge in [0.05, 0.1) is 63.0 Å². The molecule has 0 aliphatic heterocycles. The molecule has 0 N–H and O–H groups in total. The molecule has 7 heteroatoms. The number of fused-ring (bicyclic) bond motifs is 11. The summed E-state index contributed by atoms with van der Waals surface area (Å²) in [5.41, 5.74) is 16.0. The third kappa shape index (κ3) is 5.60. The van der Waals surface area contributed by atoms with Gasteiger partial charge in [-0.05, 0) is 125 Å². The molecule has 66 heavy (non-hydrogen) atoms. The number of rotatable bonds is 6. The highest BCUT2D eigenvalue weighted by Gasteiger charge is 2.49. The lowest BCUT2D eigenvalue weighted by Crippen LogP contribution is -2.29. The van der Waals surface area contributed by atoms with E-state index >= 15 is 0 Å². The summed E-state index contributed by atoms with van der Waals surface area (Å²) in [5, 5.41) is 24.8. The number of benzene rings is 6. The van der Waals surface area contributed by atoms with Crippen LogP contribution in [0.2, 0.25) is 0 Å². The number of aromatic nitrogens is 5. The van der Waals surface area contributed by atoms with Gasteiger partial charge < -0.3 is 4.57 Å². The molecule has 1 atom stereocenters. The van der Waals surface area contributed by atoms with E-state index in [9.17, 15) is 10.5 Å². The minimum Gasteiger partial charge on any atom is -0.308 e. The number of aryl methyl sites for hydroxylation is 1. The Balaban J connectivity index is 1.00. The van der Waals surface area contributed by atoms with E-state index in [2.05, 4.69) is 150 Å². The van der Waals surface area contributed by atoms with E-state index in [0.29, 0.717) is 39.7 Å². The molecule has 0 bridgehead atoms. The molecule has 0 saturated carbocycles. The highest BCUT2D eigenvalue weighted by molar-refractivity contribution is 6.09. The lowest BCUT2D eigenvalue weighted by atomic mass is 9.67. The second kappa shape index (κ2) is 14.6. The molecule has 0 radical (unpaired) electrons. The van der Waals surface area contributed by atoms with Crippen LogP contribution < -0.4 is 0 Å². The highest BCUT2D eigenvalue weighted by atomic mass is 15.0. The highest BCUT2D eigenvalue weighted by Crippen LogP contribution is 2.56. The van der Waals surface area contributed by atoms with Crippen LogP contribution in [0.3, 0.4) is 0 Å². The zero-order chi connectivity index (χ0) is 43.9. The summed E-state index contributed by atoms with van der Waals surface area (Å²) >= 11 is 0. The van der Waals surface area contributed by atoms with Gasteiger partial charge in [-0.2, -0.15) is 10.5 Å². The largest absolute Gasteiger partial charge is 0.308 e. The first-order chi connectivity index (χ1) is 32.6. The molecule has 0 spiro atoms. The van der Waals surface area contributed by atoms with Gasteiger partial charge in [0.15, 0.2) is 11.3 Å². The molecule has 1 unspecified atom stereocenters. The zero-order valence-corrected chi connectivity index (χ0v) is 35.6. The van der Waals surface area contributed by atoms with E-state index in [1.165, 1.54) is 33.0 Å². The lowest BCUT2D eigenvalue weighted by Gasteiger charge is -2.33. The Morgan fingerprint density at radius 1 is 0.561 bits per heavy atom. The van der Waals surface area contributed by atoms with Crippen molar-refractivity contribution < 1.29 is 0 Å². The van der Waals surface area contributed by atoms with Gasteiger partial charge >= 0.3 is 0 Å². The van der Waals surface area contributed by atoms with Crippen LogP contribution in [0.5, 0.6) is 0 Å². The fourth-order valence-corrected chi connectivity index (χ4v) is 11.2. The Morgan fingerprint density at radius 2 is 1.14 bits per heavy atom. The van der Waals surface area contributed by atoms with Gasteiger partial charge in [0.25, 0.3) is 0 Å². The fourth-order valence-electron chi connectivity index (χ4n) is 11.2. The van der Waals surface area contributed by atoms with Gasteiger partial charge in [0.1, 0.15) is 0 Å². The smallest absolute Gasteiger partial charge is 0.159 e. The molecule has 13 rings (SSSR count). The van der Waals surface area contributed by atoms with Crippen molar-refractivity contribution >= 4 is 43.9 Å². The predicted octanol–water partition coefficient (Wildman–Crippen LogP) is 12.7. The molecule has 7 nitrogen and oxygen atoms in total. The van der Waals surface area contributed by atoms with Crippen LogP contribution in [0.25, 0.3) is 72.1 Å². The van der Waals surface area contributed by atoms with Crippen molar-refractivity contribution in [1.82, 2.24) is 24.5 Å². The maximum absolute atomic E-state index is 10.3. The average molecular weight is 844 g/mol. The van der Waals surface area contributed by atoms with Crippen LogP contribution in [0.1, 0.15) is 62.4 Å². The Morgan fingerprint density at radius 3 is 1.80 bits per heavy atom. The van der Waals surface area contributed by atoms with Crippen molar-refractivity contribution in [3.05, 3.63) is 232 Å². The molecule has 5 heterocycles. The number of hydrogen-bond acceptors (Lipinski definition) is 6. The molecule has 2 aliphatic rings. The van der Waals surface area contributed by atoms with Crippen LogP contribution in [0.15, 0.2) is 182 Å². The molecule has 0 fully saturated rings. The number of para-hydroxylation sites is 2. The Kier molecular flexibility index (Phi) is 8.37. The van der Waals surface area contributed by atoms with Crippen molar-refractivity contribution in [3.63, 3.8) is 0 Å². The van der Waals surface area contributed by atoms with Crippen LogP contribution in [-0.2, 0) is 18.3 Å². The molecular formula is C59H37N7. The molecular weight excluding hydrogens is 807 g/mol. The molecule has 5 aromatic heterocycles. The summed E-state index contributed by atoms with van der Waals surface area (Å²) in [6.07, 6.45) is 6.72. The summed E-state index contributed by atoms with van der Waals surface area (Å²) < 4.78 is 2.27. The van der Waals surface area contributed by atoms with Crippen molar-refractivity contribution in [2.24, 2.45) is 0 Å². The quantitative estimate of drug-likeness (QED) is 0.165. The number of nitriles is 2. The van der Waals surface area contributed by atoms with Gasteiger partial charge in [0, 0.05) is 38.9 Å². The summed E-state index contributed by atoms with van der Waals surface area (Å²) in [4.78, 5) is 20.8. The molecule has 0 amide bonds. The third-order valence-corrected chi connectivity index (χ3v) is 14.1. The first kappa shape index (κ1) is 37.7. The zero-order valence-electron chi connectivity index (χ0n) is 35.6. The second-order valence-electron chi connectivity index (χ2n) is 17.6. The van der Waals surface area contributed by atoms with Gasteiger partial charge in [0.2, 0.25) is 0 Å². The SMILES string of the molecule is N#Cc1cccc(C2(c3cccc(C#N)c3)c3cc4cc(CCC5Cc6ccccc6-c6ccccc65)cnc4nc3-c3nc4ncc(-n5c6ccccc6c6ccccc65)cc4cc32)c1. The van der Waals surface area contributed by atoms with Crippen LogP contribution in [0, 0.1) is 22.7 Å². The van der Waals surface area contributed by atoms with E-state index in [1.807, 2.05) is 48.8 Å². The van der Waals surface area contributed by atoms with Crippen LogP contribution >= 0.6 is 0 Å². The summed E-state index contributed by atoms with van der Waals surface area (Å²) in [7, 11) is 0. The fraction of sp³-hybridized carbons (Fsp3) is 0.0847. The van der Waals surface area contributed by atoms with E-state index in [4.69, 9.17) is 19.9 Å². The standard InChI is InChI=1S/C59H37N7/c60-32-36-11-9-14-43(26-36)59(44-15-10-12-37(27-44)33-61)51-30-41-25-38(23-24-40-28-39-13-1-2-16-46(39)48-18-4-3-17-47(40)48)34-62-57(41)64-55(51)56-52(59)31-42-29-45(35-63-58(42)65-56)66-53-21-7-5-19-49(53)50-20-6-8-22-54(50)66/h1-22,25-27,29-31,34-35,40H,23-24,28H2. The molecule has 0 saturated heterocycles. The maximum Gasteiger partial charge on any atom is 0.159 e. The topological polar surface area (TPSA) is 104 Å². The lowest BCUT2D eigenvalue weighted by molar-refractivity contribution is 0.615. The van der Waals surface area contributed by atoms with E-state index in [1.54, 1.807) is 0 Å². The number of hydrogen-bond donors (Lipinski definition) is 0. The van der Waals surface area contributed by atoms with E-state index < -0.39 is 5.41 Å². The Hall–Kier alpha value is -8.78. The second-order valence-corrected chi connectivity index (χ2v) is 17.6. The normalized spacial score (nSPS) is 14.4. The molecule has 2 aliphatic carbocycles. The number of pyridine rings is 4. The van der Waals surface area contributed by atoms with Gasteiger partial charge in [-0.25, -0.2) is 19.9 Å². The summed E-state index contributed by atoms with van der Waals surface area (Å²) in [6, 6.07) is 63.8. The average Bonchev–Trinajstić information content (AvgIpc) is 3.86. The van der Waals surface area contributed by atoms with Crippen LogP contribution in [-0.4, -0.2) is 24.5 Å². The Labute approximate surface area is 380 Å². The number of nitrogens with zero attached hydrogens (tertiary/aromatic N) is 7. The van der Waals surface area contributed by atoms with E-state index in [-0.39, 0.29) is 0 Å². The third-order valence-electron chi connectivity index (χ3n) is 14.1. The maximum atomic E-state index is 10.3. The minimum atomic E-state index is -1.01. The van der Waals surface area contributed by atoms with Crippen LogP contribution in [0.4, 0.5) is 0 Å². The first-order valence-electron chi connectivity index (χ1n) is 22.4. The van der Waals surface area contributed by atoms with E-state index in [0.717, 1.165) is 74.6 Å². The minimum absolute atomic E-state index is 0.385. The van der Waals surface area contributed by atoms with Crippen molar-refractivity contribution in [2.75, 3.05) is 0 Å². The molecule has 11 aromatic rings. The van der Waals surface area contributed by atoms with Gasteiger partial charge in [-0.1, -0.05) is 109 Å². The van der Waals surface area contributed by atoms with Crippen molar-refractivity contribution in [2.45, 2.75) is 30.6 Å². The van der Waals surface area contributed by atoms with Crippen molar-refractivity contribution in [3.8, 4) is 40.3 Å². The van der Waals surface area contributed by atoms with Gasteiger partial charge in [-0.15, -0.1) is 0 Å². The predicted molar refractivity (Wildman–Crippen MR) is 260 cm³/mol. The molecule has 308 valence electrons. The Bertz CT molecular complexity index is 3810.